The highest BCUT2D eigenvalue weighted by atomic mass is 16.5. The second-order valence-corrected chi connectivity index (χ2v) is 2.48. The van der Waals surface area contributed by atoms with E-state index in [-0.39, 0.29) is 5.97 Å². The molecule has 0 spiro atoms. The van der Waals surface area contributed by atoms with Crippen molar-refractivity contribution < 1.29 is 9.53 Å². The van der Waals surface area contributed by atoms with Crippen LogP contribution in [-0.4, -0.2) is 44.2 Å². The number of likely N-dealkylation sites (N-methyl/N-ethyl adjacent to an activating group) is 1. The Morgan fingerprint density at radius 3 is 2.64 bits per heavy atom. The number of esters is 1. The van der Waals surface area contributed by atoms with Gasteiger partial charge in [-0.3, -0.25) is 4.79 Å². The predicted molar refractivity (Wildman–Crippen MR) is 43.2 cm³/mol. The Hall–Kier alpha value is -0.610. The lowest BCUT2D eigenvalue weighted by molar-refractivity contribution is -0.142. The Balaban J connectivity index is 3.67. The Bertz CT molecular complexity index is 128. The van der Waals surface area contributed by atoms with Gasteiger partial charge < -0.3 is 15.4 Å². The fourth-order valence-corrected chi connectivity index (χ4v) is 0.691. The monoisotopic (exact) mass is 160 g/mol. The summed E-state index contributed by atoms with van der Waals surface area (Å²) in [5.74, 6) is -0.356. The number of carbonyl (C=O) groups is 1. The number of carbonyl (C=O) groups excluding carboxylic acids is 1. The molecule has 11 heavy (non-hydrogen) atoms. The van der Waals surface area contributed by atoms with Gasteiger partial charge in [-0.05, 0) is 13.6 Å². The Morgan fingerprint density at radius 2 is 2.27 bits per heavy atom. The van der Waals surface area contributed by atoms with Gasteiger partial charge in [0.1, 0.15) is 6.04 Å². The zero-order valence-electron chi connectivity index (χ0n) is 7.33. The van der Waals surface area contributed by atoms with E-state index in [1.807, 2.05) is 18.9 Å². The highest BCUT2D eigenvalue weighted by Gasteiger charge is 2.14. The Labute approximate surface area is 67.3 Å². The fraction of sp³-hybridized carbons (Fsp3) is 0.857. The molecule has 0 aliphatic carbocycles. The van der Waals surface area contributed by atoms with Crippen LogP contribution < -0.4 is 5.73 Å². The van der Waals surface area contributed by atoms with Gasteiger partial charge >= 0.3 is 5.97 Å². The molecule has 1 unspecified atom stereocenters. The summed E-state index contributed by atoms with van der Waals surface area (Å²) >= 11 is 0. The number of hydrogen-bond donors (Lipinski definition) is 1. The molecule has 0 aliphatic heterocycles. The zero-order chi connectivity index (χ0) is 8.85. The molecule has 0 aliphatic rings. The smallest absolute Gasteiger partial charge is 0.323 e. The van der Waals surface area contributed by atoms with Gasteiger partial charge in [0.25, 0.3) is 0 Å². The minimum atomic E-state index is -0.523. The maximum Gasteiger partial charge on any atom is 0.323 e. The molecular formula is C7H16N2O2. The van der Waals surface area contributed by atoms with Gasteiger partial charge in [0, 0.05) is 6.54 Å². The summed E-state index contributed by atoms with van der Waals surface area (Å²) in [4.78, 5) is 12.7. The van der Waals surface area contributed by atoms with Crippen molar-refractivity contribution in [3.8, 4) is 0 Å². The average molecular weight is 160 g/mol. The van der Waals surface area contributed by atoms with Crippen molar-refractivity contribution in [3.63, 3.8) is 0 Å². The van der Waals surface area contributed by atoms with Crippen LogP contribution in [0.25, 0.3) is 0 Å². The van der Waals surface area contributed by atoms with E-state index < -0.39 is 6.04 Å². The van der Waals surface area contributed by atoms with Crippen molar-refractivity contribution in [1.82, 2.24) is 4.90 Å². The highest BCUT2D eigenvalue weighted by molar-refractivity contribution is 5.75. The first-order chi connectivity index (χ1) is 5.11. The van der Waals surface area contributed by atoms with Gasteiger partial charge in [-0.25, -0.2) is 0 Å². The quantitative estimate of drug-likeness (QED) is 0.560. The summed E-state index contributed by atoms with van der Waals surface area (Å²) in [7, 11) is 3.25. The van der Waals surface area contributed by atoms with Crippen LogP contribution in [0.3, 0.4) is 0 Å². The fourth-order valence-electron chi connectivity index (χ4n) is 0.691. The second kappa shape index (κ2) is 5.09. The number of methoxy groups -OCH3 is 1. The Kier molecular flexibility index (Phi) is 4.81. The van der Waals surface area contributed by atoms with E-state index in [4.69, 9.17) is 5.73 Å². The zero-order valence-corrected chi connectivity index (χ0v) is 7.33. The van der Waals surface area contributed by atoms with Crippen molar-refractivity contribution in [2.45, 2.75) is 13.0 Å². The van der Waals surface area contributed by atoms with Crippen molar-refractivity contribution in [2.75, 3.05) is 27.2 Å². The normalized spacial score (nSPS) is 13.2. The molecule has 0 bridgehead atoms. The molecule has 0 radical (unpaired) electrons. The van der Waals surface area contributed by atoms with E-state index in [1.54, 1.807) is 0 Å². The van der Waals surface area contributed by atoms with Crippen molar-refractivity contribution in [2.24, 2.45) is 5.73 Å². The maximum absolute atomic E-state index is 10.8. The second-order valence-electron chi connectivity index (χ2n) is 2.48. The topological polar surface area (TPSA) is 55.6 Å². The molecule has 0 aromatic rings. The molecule has 0 rings (SSSR count). The van der Waals surface area contributed by atoms with Gasteiger partial charge in [-0.15, -0.1) is 0 Å². The number of nitrogens with zero attached hydrogens (tertiary/aromatic N) is 1. The van der Waals surface area contributed by atoms with Crippen molar-refractivity contribution >= 4 is 5.97 Å². The van der Waals surface area contributed by atoms with Gasteiger partial charge in [0.05, 0.1) is 7.11 Å². The largest absolute Gasteiger partial charge is 0.468 e. The van der Waals surface area contributed by atoms with Gasteiger partial charge in [0.2, 0.25) is 0 Å². The molecule has 1 atom stereocenters. The van der Waals surface area contributed by atoms with E-state index >= 15 is 0 Å². The van der Waals surface area contributed by atoms with Gasteiger partial charge in [0.15, 0.2) is 0 Å². The molecule has 0 amide bonds. The molecule has 0 aromatic carbocycles. The third-order valence-electron chi connectivity index (χ3n) is 1.55. The molecule has 0 heterocycles. The molecule has 0 saturated heterocycles. The van der Waals surface area contributed by atoms with Gasteiger partial charge in [-0.2, -0.15) is 0 Å². The number of ether oxygens (including phenoxy) is 1. The summed E-state index contributed by atoms with van der Waals surface area (Å²) in [5, 5.41) is 0. The van der Waals surface area contributed by atoms with E-state index in [0.717, 1.165) is 6.54 Å². The Morgan fingerprint density at radius 1 is 1.73 bits per heavy atom. The van der Waals surface area contributed by atoms with Crippen LogP contribution in [0.1, 0.15) is 6.92 Å². The SMILES string of the molecule is CCN(C)CC(N)C(=O)OC. The van der Waals surface area contributed by atoms with E-state index in [1.165, 1.54) is 7.11 Å². The first-order valence-electron chi connectivity index (χ1n) is 3.63. The average Bonchev–Trinajstić information content (AvgIpc) is 2.02. The number of nitrogens with two attached hydrogens (primary N) is 1. The van der Waals surface area contributed by atoms with Crippen LogP contribution in [-0.2, 0) is 9.53 Å². The molecule has 0 fully saturated rings. The van der Waals surface area contributed by atoms with E-state index in [9.17, 15) is 4.79 Å². The lowest BCUT2D eigenvalue weighted by Gasteiger charge is -2.17. The highest BCUT2D eigenvalue weighted by Crippen LogP contribution is 1.88. The minimum absolute atomic E-state index is 0.356. The van der Waals surface area contributed by atoms with E-state index in [0.29, 0.717) is 6.54 Å². The van der Waals surface area contributed by atoms with Crippen LogP contribution >= 0.6 is 0 Å². The van der Waals surface area contributed by atoms with Crippen LogP contribution in [0.5, 0.6) is 0 Å². The molecule has 66 valence electrons. The van der Waals surface area contributed by atoms with Crippen molar-refractivity contribution in [1.29, 1.82) is 0 Å². The third kappa shape index (κ3) is 3.95. The minimum Gasteiger partial charge on any atom is -0.468 e. The molecule has 4 nitrogen and oxygen atoms in total. The molecule has 0 aromatic heterocycles. The molecule has 2 N–H and O–H groups in total. The third-order valence-corrected chi connectivity index (χ3v) is 1.55. The molecule has 4 heteroatoms. The van der Waals surface area contributed by atoms with E-state index in [2.05, 4.69) is 4.74 Å². The van der Waals surface area contributed by atoms with Gasteiger partial charge in [-0.1, -0.05) is 6.92 Å². The van der Waals surface area contributed by atoms with Crippen LogP contribution in [0.4, 0.5) is 0 Å². The standard InChI is InChI=1S/C7H16N2O2/c1-4-9(2)5-6(8)7(10)11-3/h6H,4-5,8H2,1-3H3. The van der Waals surface area contributed by atoms with Crippen LogP contribution in [0.2, 0.25) is 0 Å². The number of rotatable bonds is 4. The predicted octanol–water partition coefficient (Wildman–Crippen LogP) is -0.562. The van der Waals surface area contributed by atoms with Crippen LogP contribution in [0, 0.1) is 0 Å². The summed E-state index contributed by atoms with van der Waals surface area (Å²) in [5.41, 5.74) is 5.49. The molecule has 0 saturated carbocycles. The maximum atomic E-state index is 10.8. The number of hydrogen-bond acceptors (Lipinski definition) is 4. The summed E-state index contributed by atoms with van der Waals surface area (Å²) in [6, 6.07) is -0.523. The summed E-state index contributed by atoms with van der Waals surface area (Å²) in [6.07, 6.45) is 0. The lowest BCUT2D eigenvalue weighted by atomic mass is 10.3. The summed E-state index contributed by atoms with van der Waals surface area (Å²) < 4.78 is 4.47. The first kappa shape index (κ1) is 10.4. The van der Waals surface area contributed by atoms with Crippen molar-refractivity contribution in [3.05, 3.63) is 0 Å². The molecular weight excluding hydrogens is 144 g/mol. The van der Waals surface area contributed by atoms with Crippen LogP contribution in [0.15, 0.2) is 0 Å². The summed E-state index contributed by atoms with van der Waals surface area (Å²) in [6.45, 7) is 3.43. The first-order valence-corrected chi connectivity index (χ1v) is 3.63. The lowest BCUT2D eigenvalue weighted by Crippen LogP contribution is -2.41.